The summed E-state index contributed by atoms with van der Waals surface area (Å²) in [7, 11) is 0. The van der Waals surface area contributed by atoms with E-state index in [4.69, 9.17) is 4.74 Å². The van der Waals surface area contributed by atoms with Crippen molar-refractivity contribution in [2.75, 3.05) is 6.61 Å². The minimum atomic E-state index is -0.663. The average Bonchev–Trinajstić information content (AvgIpc) is 2.54. The lowest BCUT2D eigenvalue weighted by atomic mass is 10.1. The van der Waals surface area contributed by atoms with E-state index in [-0.39, 0.29) is 12.5 Å². The molecular formula is C17H20N2O3. The van der Waals surface area contributed by atoms with Gasteiger partial charge >= 0.3 is 0 Å². The van der Waals surface area contributed by atoms with Crippen molar-refractivity contribution in [3.63, 3.8) is 0 Å². The number of hydrogen-bond donors (Lipinski definition) is 2. The van der Waals surface area contributed by atoms with Crippen molar-refractivity contribution in [2.45, 2.75) is 26.0 Å². The van der Waals surface area contributed by atoms with Gasteiger partial charge in [-0.15, -0.1) is 0 Å². The van der Waals surface area contributed by atoms with E-state index in [0.29, 0.717) is 17.9 Å². The molecule has 0 atom stereocenters. The fourth-order valence-electron chi connectivity index (χ4n) is 1.80. The predicted molar refractivity (Wildman–Crippen MR) is 83.6 cm³/mol. The van der Waals surface area contributed by atoms with Gasteiger partial charge in [0.15, 0.2) is 0 Å². The molecule has 5 nitrogen and oxygen atoms in total. The third-order valence-electron chi connectivity index (χ3n) is 3.07. The van der Waals surface area contributed by atoms with Crippen molar-refractivity contribution in [1.29, 1.82) is 0 Å². The third-order valence-corrected chi connectivity index (χ3v) is 3.07. The highest BCUT2D eigenvalue weighted by atomic mass is 16.5. The fraction of sp³-hybridized carbons (Fsp3) is 0.294. The molecule has 1 aromatic heterocycles. The second-order valence-electron chi connectivity index (χ2n) is 5.67. The minimum absolute atomic E-state index is 0.129. The summed E-state index contributed by atoms with van der Waals surface area (Å²) >= 11 is 0. The topological polar surface area (TPSA) is 71.5 Å². The number of pyridine rings is 1. The van der Waals surface area contributed by atoms with E-state index >= 15 is 0 Å². The zero-order chi connectivity index (χ0) is 16.0. The van der Waals surface area contributed by atoms with Crippen LogP contribution in [0.15, 0.2) is 48.8 Å². The smallest absolute Gasteiger partial charge is 0.251 e. The number of carbonyl (C=O) groups excluding carboxylic acids is 1. The van der Waals surface area contributed by atoms with Crippen molar-refractivity contribution in [2.24, 2.45) is 0 Å². The number of carbonyl (C=O) groups is 1. The first-order valence-corrected chi connectivity index (χ1v) is 7.05. The second-order valence-corrected chi connectivity index (χ2v) is 5.67. The standard InChI is InChI=1S/C17H20N2O3/c1-17(2,12-20)19-16(21)14-6-3-7-15(9-14)22-11-13-5-4-8-18-10-13/h3-10,20H,11-12H2,1-2H3,(H,19,21). The average molecular weight is 300 g/mol. The summed E-state index contributed by atoms with van der Waals surface area (Å²) in [5.74, 6) is 0.365. The first kappa shape index (κ1) is 16.0. The van der Waals surface area contributed by atoms with Gasteiger partial charge in [0.25, 0.3) is 5.91 Å². The number of aliphatic hydroxyl groups excluding tert-OH is 1. The number of aliphatic hydroxyl groups is 1. The van der Waals surface area contributed by atoms with Crippen LogP contribution >= 0.6 is 0 Å². The van der Waals surface area contributed by atoms with Gasteiger partial charge < -0.3 is 15.2 Å². The molecular weight excluding hydrogens is 280 g/mol. The lowest BCUT2D eigenvalue weighted by molar-refractivity contribution is 0.0869. The van der Waals surface area contributed by atoms with Crippen LogP contribution in [-0.4, -0.2) is 28.1 Å². The van der Waals surface area contributed by atoms with Crippen LogP contribution in [0, 0.1) is 0 Å². The molecule has 0 spiro atoms. The number of rotatable bonds is 6. The van der Waals surface area contributed by atoms with Crippen molar-refractivity contribution < 1.29 is 14.6 Å². The fourth-order valence-corrected chi connectivity index (χ4v) is 1.80. The van der Waals surface area contributed by atoms with Crippen molar-refractivity contribution in [3.8, 4) is 5.75 Å². The number of hydrogen-bond acceptors (Lipinski definition) is 4. The van der Waals surface area contributed by atoms with Crippen LogP contribution in [-0.2, 0) is 6.61 Å². The first-order valence-electron chi connectivity index (χ1n) is 7.05. The van der Waals surface area contributed by atoms with Crippen molar-refractivity contribution in [3.05, 3.63) is 59.9 Å². The Bertz CT molecular complexity index is 627. The van der Waals surface area contributed by atoms with Gasteiger partial charge in [-0.1, -0.05) is 12.1 Å². The summed E-state index contributed by atoms with van der Waals surface area (Å²) in [6.07, 6.45) is 3.44. The zero-order valence-electron chi connectivity index (χ0n) is 12.7. The van der Waals surface area contributed by atoms with Gasteiger partial charge in [-0.2, -0.15) is 0 Å². The summed E-state index contributed by atoms with van der Waals surface area (Å²) in [6, 6.07) is 10.7. The van der Waals surface area contributed by atoms with Gasteiger partial charge in [0, 0.05) is 23.5 Å². The SMILES string of the molecule is CC(C)(CO)NC(=O)c1cccc(OCc2cccnc2)c1. The molecule has 0 unspecified atom stereocenters. The van der Waals surface area contributed by atoms with Crippen LogP contribution in [0.1, 0.15) is 29.8 Å². The predicted octanol–water partition coefficient (Wildman–Crippen LogP) is 2.16. The molecule has 0 aliphatic carbocycles. The van der Waals surface area contributed by atoms with Gasteiger partial charge in [-0.3, -0.25) is 9.78 Å². The number of amides is 1. The number of ether oxygens (including phenoxy) is 1. The molecule has 1 aromatic carbocycles. The Balaban J connectivity index is 2.02. The molecule has 0 aliphatic heterocycles. The maximum absolute atomic E-state index is 12.2. The lowest BCUT2D eigenvalue weighted by Crippen LogP contribution is -2.46. The number of aromatic nitrogens is 1. The van der Waals surface area contributed by atoms with Gasteiger partial charge in [0.05, 0.1) is 12.1 Å². The Morgan fingerprint density at radius 1 is 1.32 bits per heavy atom. The summed E-state index contributed by atoms with van der Waals surface area (Å²) < 4.78 is 5.67. The summed E-state index contributed by atoms with van der Waals surface area (Å²) in [5.41, 5.74) is 0.785. The van der Waals surface area contributed by atoms with Crippen LogP contribution in [0.4, 0.5) is 0 Å². The van der Waals surface area contributed by atoms with E-state index in [2.05, 4.69) is 10.3 Å². The monoisotopic (exact) mass is 300 g/mol. The molecule has 22 heavy (non-hydrogen) atoms. The molecule has 1 amide bonds. The van der Waals surface area contributed by atoms with E-state index < -0.39 is 5.54 Å². The Kier molecular flexibility index (Phi) is 5.12. The third kappa shape index (κ3) is 4.56. The van der Waals surface area contributed by atoms with Gasteiger partial charge in [0.1, 0.15) is 12.4 Å². The Labute approximate surface area is 130 Å². The van der Waals surface area contributed by atoms with Crippen molar-refractivity contribution >= 4 is 5.91 Å². The molecule has 2 N–H and O–H groups in total. The van der Waals surface area contributed by atoms with Gasteiger partial charge in [0.2, 0.25) is 0 Å². The molecule has 2 aromatic rings. The summed E-state index contributed by atoms with van der Waals surface area (Å²) in [4.78, 5) is 16.2. The van der Waals surface area contributed by atoms with E-state index in [9.17, 15) is 9.90 Å². The molecule has 0 bridgehead atoms. The Morgan fingerprint density at radius 3 is 2.82 bits per heavy atom. The Hall–Kier alpha value is -2.40. The molecule has 116 valence electrons. The number of benzene rings is 1. The maximum Gasteiger partial charge on any atom is 0.251 e. The normalized spacial score (nSPS) is 11.0. The van der Waals surface area contributed by atoms with Gasteiger partial charge in [-0.25, -0.2) is 0 Å². The quantitative estimate of drug-likeness (QED) is 0.857. The Morgan fingerprint density at radius 2 is 2.14 bits per heavy atom. The molecule has 0 radical (unpaired) electrons. The molecule has 2 rings (SSSR count). The summed E-state index contributed by atoms with van der Waals surface area (Å²) in [5, 5.41) is 12.0. The van der Waals surface area contributed by atoms with E-state index in [1.165, 1.54) is 0 Å². The number of nitrogens with one attached hydrogen (secondary N) is 1. The van der Waals surface area contributed by atoms with E-state index in [1.807, 2.05) is 12.1 Å². The van der Waals surface area contributed by atoms with E-state index in [1.54, 1.807) is 50.5 Å². The summed E-state index contributed by atoms with van der Waals surface area (Å²) in [6.45, 7) is 3.78. The molecule has 0 saturated heterocycles. The van der Waals surface area contributed by atoms with Crippen LogP contribution in [0.2, 0.25) is 0 Å². The first-order chi connectivity index (χ1) is 10.5. The number of nitrogens with zero attached hydrogens (tertiary/aromatic N) is 1. The van der Waals surface area contributed by atoms with Crippen LogP contribution < -0.4 is 10.1 Å². The molecule has 5 heteroatoms. The van der Waals surface area contributed by atoms with Crippen LogP contribution in [0.25, 0.3) is 0 Å². The largest absolute Gasteiger partial charge is 0.489 e. The molecule has 0 aliphatic rings. The van der Waals surface area contributed by atoms with E-state index in [0.717, 1.165) is 5.56 Å². The highest BCUT2D eigenvalue weighted by molar-refractivity contribution is 5.95. The molecule has 0 fully saturated rings. The highest BCUT2D eigenvalue weighted by Crippen LogP contribution is 2.16. The van der Waals surface area contributed by atoms with Crippen LogP contribution in [0.3, 0.4) is 0 Å². The highest BCUT2D eigenvalue weighted by Gasteiger charge is 2.20. The second kappa shape index (κ2) is 7.04. The maximum atomic E-state index is 12.2. The zero-order valence-corrected chi connectivity index (χ0v) is 12.7. The molecule has 0 saturated carbocycles. The van der Waals surface area contributed by atoms with Crippen molar-refractivity contribution in [1.82, 2.24) is 10.3 Å². The minimum Gasteiger partial charge on any atom is -0.489 e. The molecule has 1 heterocycles. The lowest BCUT2D eigenvalue weighted by Gasteiger charge is -2.23. The van der Waals surface area contributed by atoms with Crippen LogP contribution in [0.5, 0.6) is 5.75 Å². The van der Waals surface area contributed by atoms with Gasteiger partial charge in [-0.05, 0) is 38.1 Å².